The zero-order valence-electron chi connectivity index (χ0n) is 9.89. The quantitative estimate of drug-likeness (QED) is 0.645. The Labute approximate surface area is 101 Å². The molecule has 1 aromatic heterocycles. The molecule has 0 radical (unpaired) electrons. The van der Waals surface area contributed by atoms with Crippen LogP contribution in [0.5, 0.6) is 0 Å². The van der Waals surface area contributed by atoms with E-state index in [9.17, 15) is 15.0 Å². The SMILES string of the molecule is CCC(CO)(CO)NC(=O)Cc1ccccn1. The maximum absolute atomic E-state index is 11.7. The molecule has 94 valence electrons. The number of amides is 1. The summed E-state index contributed by atoms with van der Waals surface area (Å²) in [5.74, 6) is -0.256. The maximum atomic E-state index is 11.7. The van der Waals surface area contributed by atoms with E-state index in [2.05, 4.69) is 10.3 Å². The molecule has 17 heavy (non-hydrogen) atoms. The molecule has 0 spiro atoms. The molecule has 0 fully saturated rings. The highest BCUT2D eigenvalue weighted by Crippen LogP contribution is 2.08. The molecule has 0 unspecified atom stereocenters. The van der Waals surface area contributed by atoms with Gasteiger partial charge < -0.3 is 15.5 Å². The Bertz CT molecular complexity index is 342. The van der Waals surface area contributed by atoms with Crippen LogP contribution in [-0.2, 0) is 11.2 Å². The lowest BCUT2D eigenvalue weighted by atomic mass is 9.98. The Morgan fingerprint density at radius 2 is 2.12 bits per heavy atom. The van der Waals surface area contributed by atoms with E-state index in [1.54, 1.807) is 31.3 Å². The first-order valence-electron chi connectivity index (χ1n) is 5.58. The summed E-state index contributed by atoms with van der Waals surface area (Å²) in [4.78, 5) is 15.8. The third kappa shape index (κ3) is 3.80. The fraction of sp³-hybridized carbons (Fsp3) is 0.500. The van der Waals surface area contributed by atoms with E-state index in [-0.39, 0.29) is 25.5 Å². The smallest absolute Gasteiger partial charge is 0.226 e. The van der Waals surface area contributed by atoms with Gasteiger partial charge in [-0.1, -0.05) is 13.0 Å². The lowest BCUT2D eigenvalue weighted by Crippen LogP contribution is -2.54. The molecule has 0 aliphatic rings. The van der Waals surface area contributed by atoms with Crippen LogP contribution < -0.4 is 5.32 Å². The lowest BCUT2D eigenvalue weighted by Gasteiger charge is -2.29. The molecule has 3 N–H and O–H groups in total. The van der Waals surface area contributed by atoms with Crippen molar-refractivity contribution < 1.29 is 15.0 Å². The zero-order valence-corrected chi connectivity index (χ0v) is 9.89. The lowest BCUT2D eigenvalue weighted by molar-refractivity contribution is -0.123. The Morgan fingerprint density at radius 1 is 1.41 bits per heavy atom. The second-order valence-corrected chi connectivity index (χ2v) is 4.00. The van der Waals surface area contributed by atoms with Gasteiger partial charge in [-0.3, -0.25) is 9.78 Å². The molecular formula is C12H18N2O3. The van der Waals surface area contributed by atoms with Gasteiger partial charge in [-0.15, -0.1) is 0 Å². The van der Waals surface area contributed by atoms with Crippen LogP contribution in [-0.4, -0.2) is 39.9 Å². The molecule has 0 aromatic carbocycles. The number of aromatic nitrogens is 1. The number of aliphatic hydroxyl groups excluding tert-OH is 2. The second-order valence-electron chi connectivity index (χ2n) is 4.00. The Kier molecular flexibility index (Phi) is 5.06. The summed E-state index contributed by atoms with van der Waals surface area (Å²) >= 11 is 0. The largest absolute Gasteiger partial charge is 0.394 e. The molecule has 1 heterocycles. The molecule has 1 aromatic rings. The number of aliphatic hydroxyl groups is 2. The molecule has 0 saturated heterocycles. The van der Waals surface area contributed by atoms with Gasteiger partial charge in [0.1, 0.15) is 0 Å². The number of pyridine rings is 1. The zero-order chi connectivity index (χ0) is 12.7. The number of nitrogens with zero attached hydrogens (tertiary/aromatic N) is 1. The van der Waals surface area contributed by atoms with Gasteiger partial charge in [0.25, 0.3) is 0 Å². The highest BCUT2D eigenvalue weighted by molar-refractivity contribution is 5.78. The van der Waals surface area contributed by atoms with Crippen molar-refractivity contribution >= 4 is 5.91 Å². The molecular weight excluding hydrogens is 220 g/mol. The predicted molar refractivity (Wildman–Crippen MR) is 63.3 cm³/mol. The number of hydrogen-bond acceptors (Lipinski definition) is 4. The first kappa shape index (κ1) is 13.6. The van der Waals surface area contributed by atoms with Gasteiger partial charge in [0.2, 0.25) is 5.91 Å². The molecule has 1 rings (SSSR count). The first-order valence-corrected chi connectivity index (χ1v) is 5.58. The number of hydrogen-bond donors (Lipinski definition) is 3. The minimum Gasteiger partial charge on any atom is -0.394 e. The standard InChI is InChI=1S/C12H18N2O3/c1-2-12(8-15,9-16)14-11(17)7-10-5-3-4-6-13-10/h3-6,15-16H,2,7-9H2,1H3,(H,14,17). The van der Waals surface area contributed by atoms with Crippen LogP contribution in [0.2, 0.25) is 0 Å². The maximum Gasteiger partial charge on any atom is 0.226 e. The van der Waals surface area contributed by atoms with Crippen molar-refractivity contribution in [3.63, 3.8) is 0 Å². The minimum absolute atomic E-state index is 0.141. The Balaban J connectivity index is 2.60. The van der Waals surface area contributed by atoms with Crippen molar-refractivity contribution in [1.82, 2.24) is 10.3 Å². The first-order chi connectivity index (χ1) is 8.15. The van der Waals surface area contributed by atoms with Crippen LogP contribution in [0.15, 0.2) is 24.4 Å². The van der Waals surface area contributed by atoms with Gasteiger partial charge in [-0.25, -0.2) is 0 Å². The number of carbonyl (C=O) groups is 1. The van der Waals surface area contributed by atoms with Crippen molar-refractivity contribution in [3.8, 4) is 0 Å². The van der Waals surface area contributed by atoms with Crippen molar-refractivity contribution in [2.24, 2.45) is 0 Å². The Hall–Kier alpha value is -1.46. The fourth-order valence-electron chi connectivity index (χ4n) is 1.45. The third-order valence-electron chi connectivity index (χ3n) is 2.75. The average Bonchev–Trinajstić information content (AvgIpc) is 2.37. The topological polar surface area (TPSA) is 82.5 Å². The van der Waals surface area contributed by atoms with Gasteiger partial charge >= 0.3 is 0 Å². The summed E-state index contributed by atoms with van der Waals surface area (Å²) in [7, 11) is 0. The van der Waals surface area contributed by atoms with E-state index >= 15 is 0 Å². The van der Waals surface area contributed by atoms with Gasteiger partial charge in [0.05, 0.1) is 25.2 Å². The van der Waals surface area contributed by atoms with Crippen molar-refractivity contribution in [3.05, 3.63) is 30.1 Å². The molecule has 5 heteroatoms. The highest BCUT2D eigenvalue weighted by atomic mass is 16.3. The number of carbonyl (C=O) groups excluding carboxylic acids is 1. The van der Waals surface area contributed by atoms with E-state index in [0.29, 0.717) is 12.1 Å². The summed E-state index contributed by atoms with van der Waals surface area (Å²) in [6, 6.07) is 5.34. The van der Waals surface area contributed by atoms with Crippen molar-refractivity contribution in [1.29, 1.82) is 0 Å². The molecule has 0 atom stereocenters. The fourth-order valence-corrected chi connectivity index (χ4v) is 1.45. The van der Waals surface area contributed by atoms with Crippen LogP contribution in [0.1, 0.15) is 19.0 Å². The summed E-state index contributed by atoms with van der Waals surface area (Å²) in [6.07, 6.45) is 2.23. The van der Waals surface area contributed by atoms with Gasteiger partial charge in [0, 0.05) is 11.9 Å². The second kappa shape index (κ2) is 6.32. The van der Waals surface area contributed by atoms with Crippen LogP contribution in [0.25, 0.3) is 0 Å². The molecule has 0 aliphatic heterocycles. The molecule has 5 nitrogen and oxygen atoms in total. The van der Waals surface area contributed by atoms with E-state index in [1.807, 2.05) is 0 Å². The van der Waals surface area contributed by atoms with Gasteiger partial charge in [-0.05, 0) is 18.6 Å². The predicted octanol–water partition coefficient (Wildman–Crippen LogP) is -0.126. The summed E-state index contributed by atoms with van der Waals surface area (Å²) in [5.41, 5.74) is -0.280. The monoisotopic (exact) mass is 238 g/mol. The summed E-state index contributed by atoms with van der Waals surface area (Å²) < 4.78 is 0. The van der Waals surface area contributed by atoms with Crippen LogP contribution >= 0.6 is 0 Å². The average molecular weight is 238 g/mol. The number of rotatable bonds is 6. The van der Waals surface area contributed by atoms with E-state index in [0.717, 1.165) is 0 Å². The third-order valence-corrected chi connectivity index (χ3v) is 2.75. The normalized spacial score (nSPS) is 11.2. The minimum atomic E-state index is -0.939. The van der Waals surface area contributed by atoms with Gasteiger partial charge in [0.15, 0.2) is 0 Å². The van der Waals surface area contributed by atoms with Crippen LogP contribution in [0.3, 0.4) is 0 Å². The molecule has 1 amide bonds. The molecule has 0 bridgehead atoms. The van der Waals surface area contributed by atoms with E-state index < -0.39 is 5.54 Å². The summed E-state index contributed by atoms with van der Waals surface area (Å²) in [6.45, 7) is 1.23. The number of nitrogens with one attached hydrogen (secondary N) is 1. The highest BCUT2D eigenvalue weighted by Gasteiger charge is 2.28. The van der Waals surface area contributed by atoms with Crippen molar-refractivity contribution in [2.45, 2.75) is 25.3 Å². The Morgan fingerprint density at radius 3 is 2.59 bits per heavy atom. The summed E-state index contributed by atoms with van der Waals surface area (Å²) in [5, 5.41) is 21.1. The van der Waals surface area contributed by atoms with Gasteiger partial charge in [-0.2, -0.15) is 0 Å². The van der Waals surface area contributed by atoms with E-state index in [4.69, 9.17) is 0 Å². The molecule has 0 saturated carbocycles. The van der Waals surface area contributed by atoms with Crippen LogP contribution in [0.4, 0.5) is 0 Å². The van der Waals surface area contributed by atoms with E-state index in [1.165, 1.54) is 0 Å². The van der Waals surface area contributed by atoms with Crippen LogP contribution in [0, 0.1) is 0 Å². The molecule has 0 aliphatic carbocycles. The van der Waals surface area contributed by atoms with Crippen molar-refractivity contribution in [2.75, 3.05) is 13.2 Å².